The highest BCUT2D eigenvalue weighted by Crippen LogP contribution is 2.35. The molecule has 172 valence electrons. The largest absolute Gasteiger partial charge is 0.741 e. The Balaban J connectivity index is 0.000000366. The van der Waals surface area contributed by atoms with Crippen molar-refractivity contribution in [3.63, 3.8) is 0 Å². The van der Waals surface area contributed by atoms with Crippen LogP contribution >= 0.6 is 0 Å². The van der Waals surface area contributed by atoms with E-state index in [1.54, 1.807) is 0 Å². The first kappa shape index (κ1) is 25.3. The van der Waals surface area contributed by atoms with Gasteiger partial charge in [0.05, 0.1) is 0 Å². The van der Waals surface area contributed by atoms with Gasteiger partial charge in [-0.2, -0.15) is 13.2 Å². The van der Waals surface area contributed by atoms with E-state index in [0.29, 0.717) is 16.6 Å². The second-order valence-electron chi connectivity index (χ2n) is 7.68. The Labute approximate surface area is 181 Å². The highest BCUT2D eigenvalue weighted by atomic mass is 32.2. The van der Waals surface area contributed by atoms with Crippen molar-refractivity contribution in [1.29, 1.82) is 0 Å². The molecule has 0 bridgehead atoms. The fraction of sp³-hybridized carbons (Fsp3) is 0.450. The van der Waals surface area contributed by atoms with Crippen molar-refractivity contribution in [2.75, 3.05) is 11.5 Å². The number of rotatable bonds is 2. The highest BCUT2D eigenvalue weighted by molar-refractivity contribution is 7.97. The number of hydrogen-bond acceptors (Lipinski definition) is 6. The van der Waals surface area contributed by atoms with Gasteiger partial charge in [-0.05, 0) is 51.8 Å². The minimum absolute atomic E-state index is 0.326. The molecule has 0 amide bonds. The fourth-order valence-corrected chi connectivity index (χ4v) is 5.32. The molecule has 0 N–H and O–H groups in total. The molecule has 1 heterocycles. The summed E-state index contributed by atoms with van der Waals surface area (Å²) in [6.07, 6.45) is 1.97. The van der Waals surface area contributed by atoms with Gasteiger partial charge in [-0.3, -0.25) is 0 Å². The first-order valence-corrected chi connectivity index (χ1v) is 12.3. The van der Waals surface area contributed by atoms with E-state index in [9.17, 15) is 18.0 Å². The Kier molecular flexibility index (Phi) is 7.88. The van der Waals surface area contributed by atoms with Crippen molar-refractivity contribution in [1.82, 2.24) is 0 Å². The van der Waals surface area contributed by atoms with Crippen molar-refractivity contribution < 1.29 is 40.4 Å². The average molecular weight is 481 g/mol. The third kappa shape index (κ3) is 7.29. The summed E-state index contributed by atoms with van der Waals surface area (Å²) in [5, 5.41) is 2.18. The molecule has 2 aromatic carbocycles. The summed E-state index contributed by atoms with van der Waals surface area (Å²) >= 11 is 0. The average Bonchev–Trinajstić information content (AvgIpc) is 3.13. The van der Waals surface area contributed by atoms with Crippen LogP contribution in [0.2, 0.25) is 0 Å². The molecule has 1 fully saturated rings. The normalized spacial score (nSPS) is 15.3. The number of fused-ring (bicyclic) bond motifs is 1. The van der Waals surface area contributed by atoms with Crippen LogP contribution in [0.15, 0.2) is 41.3 Å². The first-order chi connectivity index (χ1) is 14.2. The Bertz CT molecular complexity index is 1020. The fourth-order valence-electron chi connectivity index (χ4n) is 2.82. The summed E-state index contributed by atoms with van der Waals surface area (Å²) in [7, 11) is -5.76. The Hall–Kier alpha value is -1.98. The quantitative estimate of drug-likeness (QED) is 0.198. The molecule has 1 aliphatic rings. The van der Waals surface area contributed by atoms with Gasteiger partial charge in [0, 0.05) is 21.7 Å². The van der Waals surface area contributed by atoms with Crippen LogP contribution in [0.5, 0.6) is 5.75 Å². The summed E-state index contributed by atoms with van der Waals surface area (Å²) in [4.78, 5) is 13.4. The minimum atomic E-state index is -6.09. The van der Waals surface area contributed by atoms with E-state index >= 15 is 0 Å². The van der Waals surface area contributed by atoms with Gasteiger partial charge in [0.15, 0.2) is 15.0 Å². The van der Waals surface area contributed by atoms with Gasteiger partial charge in [0.25, 0.3) is 0 Å². The second-order valence-corrected chi connectivity index (χ2v) is 11.3. The molecule has 0 radical (unpaired) electrons. The molecule has 0 saturated carbocycles. The molecule has 0 unspecified atom stereocenters. The van der Waals surface area contributed by atoms with E-state index in [1.165, 1.54) is 34.6 Å². The first-order valence-electron chi connectivity index (χ1n) is 9.31. The van der Waals surface area contributed by atoms with E-state index in [0.717, 1.165) is 5.39 Å². The number of hydrogen-bond donors (Lipinski definition) is 0. The maximum absolute atomic E-state index is 12.0. The lowest BCUT2D eigenvalue weighted by Gasteiger charge is -2.19. The standard InChI is InChI=1S/C19H23O3S.CHF3O3S/c1-19(2,3)22-18(20)21-16-10-11-17(23-12-6-7-13-23)15-9-5-4-8-14(15)16;2-1(3,4)8(5,6)7/h4-5,8-11H,6-7,12-13H2,1-3H3;(H,5,6,7)/q+1;/p-1. The van der Waals surface area contributed by atoms with Gasteiger partial charge < -0.3 is 14.0 Å². The van der Waals surface area contributed by atoms with Crippen molar-refractivity contribution in [3.8, 4) is 5.75 Å². The van der Waals surface area contributed by atoms with Gasteiger partial charge in [-0.1, -0.05) is 18.2 Å². The Morgan fingerprint density at radius 2 is 1.52 bits per heavy atom. The van der Waals surface area contributed by atoms with Gasteiger partial charge in [-0.15, -0.1) is 0 Å². The molecule has 31 heavy (non-hydrogen) atoms. The maximum atomic E-state index is 12.0. The number of carbonyl (C=O) groups excluding carboxylic acids is 1. The molecule has 3 rings (SSSR count). The summed E-state index contributed by atoms with van der Waals surface area (Å²) in [6.45, 7) is 5.49. The molecule has 1 aliphatic heterocycles. The van der Waals surface area contributed by atoms with E-state index in [2.05, 4.69) is 12.1 Å². The van der Waals surface area contributed by atoms with Gasteiger partial charge in [0.1, 0.15) is 22.9 Å². The van der Waals surface area contributed by atoms with E-state index < -0.39 is 27.4 Å². The van der Waals surface area contributed by atoms with Crippen LogP contribution in [-0.2, 0) is 25.7 Å². The van der Waals surface area contributed by atoms with Crippen molar-refractivity contribution in [2.45, 2.75) is 49.6 Å². The zero-order valence-electron chi connectivity index (χ0n) is 17.2. The third-order valence-corrected chi connectivity index (χ3v) is 7.16. The van der Waals surface area contributed by atoms with Crippen LogP contribution in [-0.4, -0.2) is 41.7 Å². The van der Waals surface area contributed by atoms with Crippen LogP contribution < -0.4 is 4.74 Å². The monoisotopic (exact) mass is 480 g/mol. The van der Waals surface area contributed by atoms with Crippen LogP contribution in [0.3, 0.4) is 0 Å². The van der Waals surface area contributed by atoms with E-state index in [1.807, 2.05) is 45.0 Å². The predicted octanol–water partition coefficient (Wildman–Crippen LogP) is 4.98. The van der Waals surface area contributed by atoms with Crippen molar-refractivity contribution in [2.24, 2.45) is 0 Å². The minimum Gasteiger partial charge on any atom is -0.741 e. The van der Waals surface area contributed by atoms with Crippen LogP contribution in [0, 0.1) is 0 Å². The number of alkyl halides is 3. The van der Waals surface area contributed by atoms with Gasteiger partial charge in [0.2, 0.25) is 0 Å². The SMILES string of the molecule is CC(C)(C)OC(=O)Oc1ccc([S+]2CCCC2)c2ccccc12.O=S(=O)([O-])C(F)(F)F. The summed E-state index contributed by atoms with van der Waals surface area (Å²) in [5.41, 5.74) is -6.20. The van der Waals surface area contributed by atoms with E-state index in [4.69, 9.17) is 22.4 Å². The van der Waals surface area contributed by atoms with Crippen LogP contribution in [0.1, 0.15) is 33.6 Å². The molecule has 2 aromatic rings. The van der Waals surface area contributed by atoms with E-state index in [-0.39, 0.29) is 0 Å². The third-order valence-electron chi connectivity index (χ3n) is 4.05. The molecule has 1 saturated heterocycles. The van der Waals surface area contributed by atoms with Crippen molar-refractivity contribution >= 4 is 37.9 Å². The molecule has 0 aromatic heterocycles. The number of halogens is 3. The second kappa shape index (κ2) is 9.66. The molecular formula is C20H23F3O6S2. The molecule has 0 aliphatic carbocycles. The molecule has 0 atom stereocenters. The number of carbonyl (C=O) groups is 1. The number of ether oxygens (including phenoxy) is 2. The highest BCUT2D eigenvalue weighted by Gasteiger charge is 2.37. The van der Waals surface area contributed by atoms with Crippen LogP contribution in [0.4, 0.5) is 18.0 Å². The van der Waals surface area contributed by atoms with Crippen LogP contribution in [0.25, 0.3) is 10.8 Å². The molecule has 6 nitrogen and oxygen atoms in total. The lowest BCUT2D eigenvalue weighted by atomic mass is 10.1. The number of benzene rings is 2. The summed E-state index contributed by atoms with van der Waals surface area (Å²) < 4.78 is 69.6. The predicted molar refractivity (Wildman–Crippen MR) is 111 cm³/mol. The van der Waals surface area contributed by atoms with Gasteiger partial charge >= 0.3 is 11.7 Å². The lowest BCUT2D eigenvalue weighted by Crippen LogP contribution is -2.26. The molecular weight excluding hydrogens is 457 g/mol. The van der Waals surface area contributed by atoms with Gasteiger partial charge in [-0.25, -0.2) is 13.2 Å². The smallest absolute Gasteiger partial charge is 0.514 e. The zero-order valence-corrected chi connectivity index (χ0v) is 18.8. The molecule has 0 spiro atoms. The summed E-state index contributed by atoms with van der Waals surface area (Å²) in [5.74, 6) is 3.12. The Morgan fingerprint density at radius 3 is 2.00 bits per heavy atom. The topological polar surface area (TPSA) is 92.7 Å². The maximum Gasteiger partial charge on any atom is 0.514 e. The lowest BCUT2D eigenvalue weighted by molar-refractivity contribution is -0.0518. The Morgan fingerprint density at radius 1 is 1.00 bits per heavy atom. The van der Waals surface area contributed by atoms with Crippen molar-refractivity contribution in [3.05, 3.63) is 36.4 Å². The zero-order chi connectivity index (χ0) is 23.4. The summed E-state index contributed by atoms with van der Waals surface area (Å²) in [6, 6.07) is 12.2. The molecule has 11 heteroatoms.